The molecule has 1 fully saturated rings. The van der Waals surface area contributed by atoms with E-state index in [0.29, 0.717) is 30.8 Å². The summed E-state index contributed by atoms with van der Waals surface area (Å²) in [5.41, 5.74) is 1.17. The van der Waals surface area contributed by atoms with Crippen molar-refractivity contribution in [3.63, 3.8) is 0 Å². The predicted octanol–water partition coefficient (Wildman–Crippen LogP) is 2.61. The molecule has 22 heavy (non-hydrogen) atoms. The fraction of sp³-hybridized carbons (Fsp3) is 0.812. The van der Waals surface area contributed by atoms with Crippen molar-refractivity contribution >= 4 is 10.0 Å². The monoisotopic (exact) mass is 327 g/mol. The van der Waals surface area contributed by atoms with Crippen LogP contribution < -0.4 is 0 Å². The normalized spacial score (nSPS) is 20.9. The molecule has 0 aliphatic carbocycles. The second-order valence-electron chi connectivity index (χ2n) is 6.92. The van der Waals surface area contributed by atoms with E-state index in [0.717, 1.165) is 19.3 Å². The average Bonchev–Trinajstić information content (AvgIpc) is 2.90. The third-order valence-electron chi connectivity index (χ3n) is 5.06. The van der Waals surface area contributed by atoms with Crippen molar-refractivity contribution in [3.05, 3.63) is 18.2 Å². The Balaban J connectivity index is 1.77. The molecule has 5 nitrogen and oxygen atoms in total. The van der Waals surface area contributed by atoms with Crippen molar-refractivity contribution in [2.75, 3.05) is 19.3 Å². The first-order valence-corrected chi connectivity index (χ1v) is 10.0. The molecule has 2 heterocycles. The maximum atomic E-state index is 11.6. The van der Waals surface area contributed by atoms with Crippen molar-refractivity contribution in [3.8, 4) is 0 Å². The van der Waals surface area contributed by atoms with Crippen molar-refractivity contribution in [2.45, 2.75) is 45.4 Å². The van der Waals surface area contributed by atoms with Crippen LogP contribution in [0.3, 0.4) is 0 Å². The molecule has 0 aromatic carbocycles. The average molecular weight is 327 g/mol. The molecule has 2 unspecified atom stereocenters. The molecule has 0 spiro atoms. The summed E-state index contributed by atoms with van der Waals surface area (Å²) in [7, 11) is -1.01. The summed E-state index contributed by atoms with van der Waals surface area (Å²) in [6.07, 6.45) is 9.57. The first-order valence-electron chi connectivity index (χ1n) is 8.20. The van der Waals surface area contributed by atoms with Gasteiger partial charge in [-0.1, -0.05) is 13.8 Å². The third-order valence-corrected chi connectivity index (χ3v) is 6.36. The number of imidazole rings is 1. The van der Waals surface area contributed by atoms with Crippen LogP contribution in [0, 0.1) is 11.8 Å². The van der Waals surface area contributed by atoms with Gasteiger partial charge in [-0.2, -0.15) is 0 Å². The van der Waals surface area contributed by atoms with Crippen LogP contribution in [-0.2, 0) is 17.1 Å². The quantitative estimate of drug-likeness (QED) is 0.807. The zero-order valence-electron chi connectivity index (χ0n) is 14.2. The molecular weight excluding hydrogens is 298 g/mol. The largest absolute Gasteiger partial charge is 0.340 e. The van der Waals surface area contributed by atoms with E-state index < -0.39 is 10.0 Å². The smallest absolute Gasteiger partial charge is 0.211 e. The molecule has 2 rings (SSSR count). The fourth-order valence-corrected chi connectivity index (χ4v) is 4.23. The molecule has 126 valence electrons. The van der Waals surface area contributed by atoms with Crippen molar-refractivity contribution < 1.29 is 8.42 Å². The molecule has 0 radical (unpaired) electrons. The van der Waals surface area contributed by atoms with Crippen LogP contribution in [0.5, 0.6) is 0 Å². The summed E-state index contributed by atoms with van der Waals surface area (Å²) in [5.74, 6) is 1.78. The van der Waals surface area contributed by atoms with Gasteiger partial charge in [-0.05, 0) is 43.4 Å². The summed E-state index contributed by atoms with van der Waals surface area (Å²) < 4.78 is 26.7. The molecule has 0 saturated carbocycles. The van der Waals surface area contributed by atoms with Crippen LogP contribution in [0.1, 0.15) is 51.1 Å². The van der Waals surface area contributed by atoms with Crippen molar-refractivity contribution in [1.29, 1.82) is 0 Å². The van der Waals surface area contributed by atoms with Gasteiger partial charge in [-0.15, -0.1) is 0 Å². The van der Waals surface area contributed by atoms with E-state index in [9.17, 15) is 8.42 Å². The topological polar surface area (TPSA) is 55.2 Å². The molecule has 0 amide bonds. The maximum absolute atomic E-state index is 11.6. The molecule has 2 atom stereocenters. The first kappa shape index (κ1) is 17.5. The van der Waals surface area contributed by atoms with Gasteiger partial charge in [0.25, 0.3) is 0 Å². The van der Waals surface area contributed by atoms with Crippen LogP contribution in [0.4, 0.5) is 0 Å². The van der Waals surface area contributed by atoms with E-state index in [1.807, 2.05) is 17.9 Å². The number of piperidine rings is 1. The number of hydrogen-bond donors (Lipinski definition) is 0. The summed E-state index contributed by atoms with van der Waals surface area (Å²) in [6, 6.07) is 0. The number of aromatic nitrogens is 2. The Hall–Kier alpha value is -0.880. The fourth-order valence-electron chi connectivity index (χ4n) is 3.36. The maximum Gasteiger partial charge on any atom is 0.211 e. The van der Waals surface area contributed by atoms with Gasteiger partial charge in [0.2, 0.25) is 10.0 Å². The molecule has 0 bridgehead atoms. The van der Waals surface area contributed by atoms with E-state index in [1.54, 1.807) is 4.31 Å². The summed E-state index contributed by atoms with van der Waals surface area (Å²) in [6.45, 7) is 5.92. The van der Waals surface area contributed by atoms with Gasteiger partial charge in [-0.25, -0.2) is 17.7 Å². The second kappa shape index (κ2) is 7.13. The highest BCUT2D eigenvalue weighted by atomic mass is 32.2. The van der Waals surface area contributed by atoms with E-state index in [-0.39, 0.29) is 0 Å². The van der Waals surface area contributed by atoms with Gasteiger partial charge in [-0.3, -0.25) is 0 Å². The van der Waals surface area contributed by atoms with E-state index in [4.69, 9.17) is 0 Å². The van der Waals surface area contributed by atoms with Gasteiger partial charge in [0, 0.05) is 26.3 Å². The molecule has 1 aliphatic heterocycles. The molecule has 1 saturated heterocycles. The minimum atomic E-state index is -3.01. The lowest BCUT2D eigenvalue weighted by Gasteiger charge is -2.33. The number of hydrogen-bond acceptors (Lipinski definition) is 3. The van der Waals surface area contributed by atoms with Crippen LogP contribution in [0.2, 0.25) is 0 Å². The summed E-state index contributed by atoms with van der Waals surface area (Å²) in [5, 5.41) is 0. The van der Waals surface area contributed by atoms with Crippen molar-refractivity contribution in [1.82, 2.24) is 13.9 Å². The van der Waals surface area contributed by atoms with E-state index >= 15 is 0 Å². The Morgan fingerprint density at radius 3 is 2.41 bits per heavy atom. The highest BCUT2D eigenvalue weighted by Gasteiger charge is 2.28. The Labute approximate surface area is 134 Å². The third kappa shape index (κ3) is 4.56. The van der Waals surface area contributed by atoms with Gasteiger partial charge < -0.3 is 4.57 Å². The van der Waals surface area contributed by atoms with E-state index in [2.05, 4.69) is 25.0 Å². The summed E-state index contributed by atoms with van der Waals surface area (Å²) >= 11 is 0. The molecule has 0 N–H and O–H groups in total. The lowest BCUT2D eigenvalue weighted by molar-refractivity contribution is 0.206. The van der Waals surface area contributed by atoms with Gasteiger partial charge in [0.15, 0.2) is 0 Å². The molecule has 1 aromatic rings. The lowest BCUT2D eigenvalue weighted by atomic mass is 9.82. The first-order chi connectivity index (χ1) is 10.3. The zero-order chi connectivity index (χ0) is 16.3. The molecule has 1 aliphatic rings. The van der Waals surface area contributed by atoms with Gasteiger partial charge in [0.05, 0.1) is 18.3 Å². The van der Waals surface area contributed by atoms with Crippen LogP contribution in [-0.4, -0.2) is 41.6 Å². The molecule has 6 heteroatoms. The van der Waals surface area contributed by atoms with Crippen molar-refractivity contribution in [2.24, 2.45) is 18.9 Å². The Morgan fingerprint density at radius 1 is 1.27 bits per heavy atom. The number of aryl methyl sites for hydroxylation is 1. The second-order valence-corrected chi connectivity index (χ2v) is 8.90. The lowest BCUT2D eigenvalue weighted by Crippen LogP contribution is -2.39. The van der Waals surface area contributed by atoms with E-state index in [1.165, 1.54) is 18.4 Å². The number of rotatable bonds is 6. The Morgan fingerprint density at radius 2 is 1.91 bits per heavy atom. The SMILES string of the molecule is CC(CCC(C)C1CCN(S(C)(=O)=O)CC1)c1cn(C)cn1. The van der Waals surface area contributed by atoms with Crippen LogP contribution in [0.15, 0.2) is 12.5 Å². The van der Waals surface area contributed by atoms with Crippen LogP contribution in [0.25, 0.3) is 0 Å². The highest BCUT2D eigenvalue weighted by molar-refractivity contribution is 7.88. The number of nitrogens with zero attached hydrogens (tertiary/aromatic N) is 3. The highest BCUT2D eigenvalue weighted by Crippen LogP contribution is 2.31. The minimum absolute atomic E-state index is 0.486. The minimum Gasteiger partial charge on any atom is -0.340 e. The van der Waals surface area contributed by atoms with Gasteiger partial charge >= 0.3 is 0 Å². The molecular formula is C16H29N3O2S. The van der Waals surface area contributed by atoms with Crippen LogP contribution >= 0.6 is 0 Å². The number of sulfonamides is 1. The zero-order valence-corrected chi connectivity index (χ0v) is 15.0. The Kier molecular flexibility index (Phi) is 5.66. The molecule has 1 aromatic heterocycles. The standard InChI is InChI=1S/C16H29N3O2S/c1-13(5-6-14(2)16-11-18(3)12-17-16)15-7-9-19(10-8-15)22(4,20)21/h11-15H,5-10H2,1-4H3. The Bertz CT molecular complexity index is 574. The predicted molar refractivity (Wildman–Crippen MR) is 89.2 cm³/mol. The summed E-state index contributed by atoms with van der Waals surface area (Å²) in [4.78, 5) is 4.43. The van der Waals surface area contributed by atoms with Gasteiger partial charge in [0.1, 0.15) is 0 Å².